The van der Waals surface area contributed by atoms with Gasteiger partial charge >= 0.3 is 0 Å². The monoisotopic (exact) mass is 221 g/mol. The molecule has 0 amide bonds. The lowest BCUT2D eigenvalue weighted by Gasteiger charge is -2.10. The fourth-order valence-electron chi connectivity index (χ4n) is 2.12. The van der Waals surface area contributed by atoms with Gasteiger partial charge in [-0.3, -0.25) is 4.79 Å². The van der Waals surface area contributed by atoms with Crippen molar-refractivity contribution in [2.45, 2.75) is 45.1 Å². The topological polar surface area (TPSA) is 57.8 Å². The maximum atomic E-state index is 11.7. The minimum absolute atomic E-state index is 0.0120. The first-order valence-electron chi connectivity index (χ1n) is 5.98. The molecule has 4 nitrogen and oxygen atoms in total. The number of hydrogen-bond donors (Lipinski definition) is 2. The van der Waals surface area contributed by atoms with E-state index >= 15 is 0 Å². The maximum Gasteiger partial charge on any atom is 0.254 e. The normalized spacial score (nSPS) is 20.6. The number of rotatable bonds is 3. The summed E-state index contributed by atoms with van der Waals surface area (Å²) in [6.45, 7) is 5.09. The highest BCUT2D eigenvalue weighted by atomic mass is 16.1. The number of hydrogen-bond acceptors (Lipinski definition) is 3. The van der Waals surface area contributed by atoms with Crippen LogP contribution in [0.4, 0.5) is 0 Å². The third kappa shape index (κ3) is 2.50. The van der Waals surface area contributed by atoms with Gasteiger partial charge in [0.1, 0.15) is 5.82 Å². The maximum absolute atomic E-state index is 11.7. The Bertz CT molecular complexity index is 405. The lowest BCUT2D eigenvalue weighted by Crippen LogP contribution is -2.26. The molecule has 88 valence electrons. The van der Waals surface area contributed by atoms with E-state index in [2.05, 4.69) is 15.3 Å². The summed E-state index contributed by atoms with van der Waals surface area (Å²) in [5.41, 5.74) is 0.779. The molecule has 2 N–H and O–H groups in total. The van der Waals surface area contributed by atoms with E-state index in [0.717, 1.165) is 24.4 Å². The van der Waals surface area contributed by atoms with Gasteiger partial charge in [-0.15, -0.1) is 0 Å². The number of nitrogens with one attached hydrogen (secondary N) is 2. The highest BCUT2D eigenvalue weighted by Gasteiger charge is 2.16. The van der Waals surface area contributed by atoms with Gasteiger partial charge in [-0.05, 0) is 25.3 Å². The van der Waals surface area contributed by atoms with E-state index in [1.807, 2.05) is 13.8 Å². The average Bonchev–Trinajstić information content (AvgIpc) is 2.70. The molecule has 0 radical (unpaired) electrons. The van der Waals surface area contributed by atoms with Crippen LogP contribution in [0.15, 0.2) is 11.0 Å². The van der Waals surface area contributed by atoms with Gasteiger partial charge in [-0.2, -0.15) is 0 Å². The number of aromatic amines is 1. The van der Waals surface area contributed by atoms with E-state index in [0.29, 0.717) is 6.04 Å². The molecule has 0 spiro atoms. The van der Waals surface area contributed by atoms with E-state index in [4.69, 9.17) is 0 Å². The molecule has 0 aliphatic carbocycles. The van der Waals surface area contributed by atoms with Crippen LogP contribution in [0.3, 0.4) is 0 Å². The molecule has 0 aromatic carbocycles. The van der Waals surface area contributed by atoms with Crippen molar-refractivity contribution in [3.05, 3.63) is 27.9 Å². The molecular formula is C12H19N3O. The molecule has 0 saturated carbocycles. The first kappa shape index (κ1) is 11.3. The average molecular weight is 221 g/mol. The molecule has 1 fully saturated rings. The van der Waals surface area contributed by atoms with Crippen molar-refractivity contribution >= 4 is 0 Å². The van der Waals surface area contributed by atoms with Crippen LogP contribution in [0.1, 0.15) is 44.0 Å². The molecule has 16 heavy (non-hydrogen) atoms. The molecule has 1 aromatic heterocycles. The Morgan fingerprint density at radius 2 is 2.38 bits per heavy atom. The Balaban J connectivity index is 2.11. The van der Waals surface area contributed by atoms with E-state index in [-0.39, 0.29) is 11.5 Å². The predicted octanol–water partition coefficient (Wildman–Crippen LogP) is 1.19. The van der Waals surface area contributed by atoms with Crippen molar-refractivity contribution in [2.24, 2.45) is 0 Å². The van der Waals surface area contributed by atoms with Crippen LogP contribution in [0.2, 0.25) is 0 Å². The van der Waals surface area contributed by atoms with Crippen LogP contribution >= 0.6 is 0 Å². The van der Waals surface area contributed by atoms with E-state index in [1.165, 1.54) is 12.8 Å². The van der Waals surface area contributed by atoms with Crippen molar-refractivity contribution < 1.29 is 0 Å². The zero-order valence-electron chi connectivity index (χ0n) is 9.92. The second-order valence-electron chi connectivity index (χ2n) is 4.77. The number of H-pyrrole nitrogens is 1. The molecule has 1 saturated heterocycles. The Hall–Kier alpha value is -1.16. The number of nitrogens with zero attached hydrogens (tertiary/aromatic N) is 1. The van der Waals surface area contributed by atoms with Crippen molar-refractivity contribution in [2.75, 3.05) is 6.54 Å². The van der Waals surface area contributed by atoms with Gasteiger partial charge in [-0.25, -0.2) is 4.98 Å². The molecule has 1 aliphatic rings. The molecule has 1 aromatic rings. The molecule has 1 unspecified atom stereocenters. The fourth-order valence-corrected chi connectivity index (χ4v) is 2.12. The Kier molecular flexibility index (Phi) is 3.39. The first-order chi connectivity index (χ1) is 7.66. The minimum atomic E-state index is 0.0120. The fraction of sp³-hybridized carbons (Fsp3) is 0.667. The van der Waals surface area contributed by atoms with Crippen LogP contribution < -0.4 is 10.9 Å². The molecular weight excluding hydrogens is 202 g/mol. The van der Waals surface area contributed by atoms with Gasteiger partial charge in [-0.1, -0.05) is 13.8 Å². The minimum Gasteiger partial charge on any atom is -0.314 e. The largest absolute Gasteiger partial charge is 0.314 e. The third-order valence-electron chi connectivity index (χ3n) is 3.10. The standard InChI is InChI=1S/C12H19N3O/c1-8(2)10-7-14-11(15-12(10)16)6-9-4-3-5-13-9/h7-9,13H,3-6H2,1-2H3,(H,14,15,16). The van der Waals surface area contributed by atoms with Crippen LogP contribution in [0.25, 0.3) is 0 Å². The summed E-state index contributed by atoms with van der Waals surface area (Å²) in [5, 5.41) is 3.40. The van der Waals surface area contributed by atoms with Crippen LogP contribution in [-0.2, 0) is 6.42 Å². The summed E-state index contributed by atoms with van der Waals surface area (Å²) in [6.07, 6.45) is 4.94. The van der Waals surface area contributed by atoms with E-state index in [9.17, 15) is 4.79 Å². The van der Waals surface area contributed by atoms with Crippen molar-refractivity contribution in [3.8, 4) is 0 Å². The SMILES string of the molecule is CC(C)c1cnc(CC2CCCN2)[nH]c1=O. The summed E-state index contributed by atoms with van der Waals surface area (Å²) in [7, 11) is 0. The number of aromatic nitrogens is 2. The second kappa shape index (κ2) is 4.78. The molecule has 0 bridgehead atoms. The van der Waals surface area contributed by atoms with E-state index < -0.39 is 0 Å². The van der Waals surface area contributed by atoms with Crippen molar-refractivity contribution in [1.29, 1.82) is 0 Å². The van der Waals surface area contributed by atoms with Crippen LogP contribution in [0.5, 0.6) is 0 Å². The summed E-state index contributed by atoms with van der Waals surface area (Å²) in [6, 6.07) is 0.480. The van der Waals surface area contributed by atoms with Crippen LogP contribution in [0, 0.1) is 0 Å². The quantitative estimate of drug-likeness (QED) is 0.806. The highest BCUT2D eigenvalue weighted by molar-refractivity contribution is 5.10. The molecule has 2 heterocycles. The second-order valence-corrected chi connectivity index (χ2v) is 4.77. The van der Waals surface area contributed by atoms with Gasteiger partial charge in [0.2, 0.25) is 0 Å². The van der Waals surface area contributed by atoms with Crippen molar-refractivity contribution in [3.63, 3.8) is 0 Å². The molecule has 1 atom stereocenters. The summed E-state index contributed by atoms with van der Waals surface area (Å²) < 4.78 is 0. The Morgan fingerprint density at radius 1 is 1.56 bits per heavy atom. The highest BCUT2D eigenvalue weighted by Crippen LogP contribution is 2.10. The first-order valence-corrected chi connectivity index (χ1v) is 5.98. The molecule has 1 aliphatic heterocycles. The Morgan fingerprint density at radius 3 is 2.94 bits per heavy atom. The van der Waals surface area contributed by atoms with Crippen LogP contribution in [-0.4, -0.2) is 22.6 Å². The van der Waals surface area contributed by atoms with Gasteiger partial charge in [0.05, 0.1) is 0 Å². The predicted molar refractivity (Wildman–Crippen MR) is 63.7 cm³/mol. The van der Waals surface area contributed by atoms with Gasteiger partial charge in [0.15, 0.2) is 0 Å². The lowest BCUT2D eigenvalue weighted by molar-refractivity contribution is 0.582. The summed E-state index contributed by atoms with van der Waals surface area (Å²) >= 11 is 0. The lowest BCUT2D eigenvalue weighted by atomic mass is 10.1. The molecule has 4 heteroatoms. The third-order valence-corrected chi connectivity index (χ3v) is 3.10. The Labute approximate surface area is 95.5 Å². The van der Waals surface area contributed by atoms with Crippen molar-refractivity contribution in [1.82, 2.24) is 15.3 Å². The van der Waals surface area contributed by atoms with Gasteiger partial charge in [0.25, 0.3) is 5.56 Å². The summed E-state index contributed by atoms with van der Waals surface area (Å²) in [4.78, 5) is 18.9. The molecule has 2 rings (SSSR count). The summed E-state index contributed by atoms with van der Waals surface area (Å²) in [5.74, 6) is 1.03. The van der Waals surface area contributed by atoms with Gasteiger partial charge in [0, 0.05) is 24.2 Å². The zero-order chi connectivity index (χ0) is 11.5. The smallest absolute Gasteiger partial charge is 0.254 e. The zero-order valence-corrected chi connectivity index (χ0v) is 9.92. The van der Waals surface area contributed by atoms with Gasteiger partial charge < -0.3 is 10.3 Å². The van der Waals surface area contributed by atoms with E-state index in [1.54, 1.807) is 6.20 Å².